The summed E-state index contributed by atoms with van der Waals surface area (Å²) in [4.78, 5) is 7.16. The Labute approximate surface area is 156 Å². The van der Waals surface area contributed by atoms with Gasteiger partial charge in [-0.3, -0.25) is 9.58 Å². The van der Waals surface area contributed by atoms with E-state index in [1.54, 1.807) is 7.11 Å². The van der Waals surface area contributed by atoms with E-state index in [0.29, 0.717) is 13.2 Å². The molecule has 8 nitrogen and oxygen atoms in total. The Morgan fingerprint density at radius 3 is 2.69 bits per heavy atom. The molecule has 1 fully saturated rings. The molecule has 2 heterocycles. The van der Waals surface area contributed by atoms with E-state index in [9.17, 15) is 0 Å². The number of aliphatic imine (C=N–C) groups is 1. The average Bonchev–Trinajstić information content (AvgIpc) is 2.92. The summed E-state index contributed by atoms with van der Waals surface area (Å²) >= 11 is 0. The molecule has 0 aliphatic carbocycles. The molecule has 0 amide bonds. The topological polar surface area (TPSA) is 75.9 Å². The van der Waals surface area contributed by atoms with Gasteiger partial charge in [-0.2, -0.15) is 5.10 Å². The average molecular weight is 367 g/mol. The summed E-state index contributed by atoms with van der Waals surface area (Å²) in [5.74, 6) is 0.851. The Morgan fingerprint density at radius 1 is 1.23 bits per heavy atom. The fourth-order valence-electron chi connectivity index (χ4n) is 3.02. The van der Waals surface area contributed by atoms with E-state index in [4.69, 9.17) is 14.5 Å². The zero-order chi connectivity index (χ0) is 18.8. The highest BCUT2D eigenvalue weighted by Gasteiger charge is 2.12. The molecule has 0 unspecified atom stereocenters. The lowest BCUT2D eigenvalue weighted by Gasteiger charge is -2.26. The number of ether oxygens (including phenoxy) is 2. The van der Waals surface area contributed by atoms with Gasteiger partial charge in [-0.25, -0.2) is 4.99 Å². The fraction of sp³-hybridized carbons (Fsp3) is 0.778. The summed E-state index contributed by atoms with van der Waals surface area (Å²) in [5.41, 5.74) is 3.38. The minimum Gasteiger partial charge on any atom is -0.383 e. The molecular weight excluding hydrogens is 332 g/mol. The van der Waals surface area contributed by atoms with Gasteiger partial charge in [0.1, 0.15) is 0 Å². The van der Waals surface area contributed by atoms with Crippen molar-refractivity contribution in [1.29, 1.82) is 0 Å². The predicted octanol–water partition coefficient (Wildman–Crippen LogP) is 0.534. The molecule has 26 heavy (non-hydrogen) atoms. The lowest BCUT2D eigenvalue weighted by atomic mass is 10.2. The second kappa shape index (κ2) is 11.2. The van der Waals surface area contributed by atoms with E-state index < -0.39 is 0 Å². The maximum atomic E-state index is 5.39. The Bertz CT molecular complexity index is 566. The molecule has 0 bridgehead atoms. The van der Waals surface area contributed by atoms with Gasteiger partial charge in [-0.05, 0) is 20.8 Å². The van der Waals surface area contributed by atoms with E-state index >= 15 is 0 Å². The van der Waals surface area contributed by atoms with Crippen molar-refractivity contribution in [1.82, 2.24) is 25.3 Å². The molecule has 2 N–H and O–H groups in total. The van der Waals surface area contributed by atoms with E-state index in [1.807, 2.05) is 11.6 Å². The first kappa shape index (κ1) is 20.7. The highest BCUT2D eigenvalue weighted by molar-refractivity contribution is 5.79. The van der Waals surface area contributed by atoms with Crippen LogP contribution in [0.3, 0.4) is 0 Å². The molecule has 1 aliphatic heterocycles. The molecule has 0 spiro atoms. The SMILES string of the molecule is CCNC(=NCc1c(C)nn(CCOC)c1C)NCCN1CCOCC1. The van der Waals surface area contributed by atoms with Crippen molar-refractivity contribution in [3.8, 4) is 0 Å². The van der Waals surface area contributed by atoms with Crippen LogP contribution in [0.2, 0.25) is 0 Å². The molecular formula is C18H34N6O2. The molecule has 1 aliphatic rings. The second-order valence-corrected chi connectivity index (χ2v) is 6.44. The van der Waals surface area contributed by atoms with Crippen molar-refractivity contribution < 1.29 is 9.47 Å². The third-order valence-electron chi connectivity index (χ3n) is 4.60. The van der Waals surface area contributed by atoms with Crippen molar-refractivity contribution in [2.45, 2.75) is 33.9 Å². The third kappa shape index (κ3) is 6.26. The number of aryl methyl sites for hydroxylation is 1. The zero-order valence-corrected chi connectivity index (χ0v) is 16.7. The van der Waals surface area contributed by atoms with Crippen LogP contribution >= 0.6 is 0 Å². The summed E-state index contributed by atoms with van der Waals surface area (Å²) in [5, 5.41) is 11.3. The number of nitrogens with one attached hydrogen (secondary N) is 2. The molecule has 0 aromatic carbocycles. The van der Waals surface area contributed by atoms with Gasteiger partial charge in [-0.15, -0.1) is 0 Å². The minimum absolute atomic E-state index is 0.623. The van der Waals surface area contributed by atoms with Gasteiger partial charge < -0.3 is 20.1 Å². The van der Waals surface area contributed by atoms with E-state index in [2.05, 4.69) is 34.5 Å². The number of methoxy groups -OCH3 is 1. The molecule has 1 aromatic rings. The number of nitrogens with zero attached hydrogens (tertiary/aromatic N) is 4. The first-order chi connectivity index (χ1) is 12.7. The van der Waals surface area contributed by atoms with Crippen molar-refractivity contribution >= 4 is 5.96 Å². The quantitative estimate of drug-likeness (QED) is 0.491. The van der Waals surface area contributed by atoms with Crippen LogP contribution in [-0.2, 0) is 22.6 Å². The summed E-state index contributed by atoms with van der Waals surface area (Å²) in [7, 11) is 1.71. The summed E-state index contributed by atoms with van der Waals surface area (Å²) < 4.78 is 12.5. The predicted molar refractivity (Wildman–Crippen MR) is 104 cm³/mol. The van der Waals surface area contributed by atoms with Crippen molar-refractivity contribution in [2.75, 3.05) is 59.7 Å². The molecule has 8 heteroatoms. The van der Waals surface area contributed by atoms with Gasteiger partial charge in [-0.1, -0.05) is 0 Å². The van der Waals surface area contributed by atoms with Gasteiger partial charge in [0.15, 0.2) is 5.96 Å². The maximum absolute atomic E-state index is 5.39. The Hall–Kier alpha value is -1.64. The third-order valence-corrected chi connectivity index (χ3v) is 4.60. The van der Waals surface area contributed by atoms with Gasteiger partial charge in [0.2, 0.25) is 0 Å². The monoisotopic (exact) mass is 366 g/mol. The van der Waals surface area contributed by atoms with Crippen molar-refractivity contribution in [3.63, 3.8) is 0 Å². The molecule has 0 atom stereocenters. The number of guanidine groups is 1. The Morgan fingerprint density at radius 2 is 2.00 bits per heavy atom. The molecule has 0 saturated carbocycles. The minimum atomic E-state index is 0.623. The van der Waals surface area contributed by atoms with Crippen LogP contribution in [0.1, 0.15) is 23.9 Å². The van der Waals surface area contributed by atoms with Crippen LogP contribution in [0.5, 0.6) is 0 Å². The van der Waals surface area contributed by atoms with Gasteiger partial charge in [0, 0.05) is 51.1 Å². The first-order valence-corrected chi connectivity index (χ1v) is 9.49. The number of morpholine rings is 1. The lowest BCUT2D eigenvalue weighted by molar-refractivity contribution is 0.0389. The molecule has 2 rings (SSSR count). The number of hydrogen-bond donors (Lipinski definition) is 2. The Balaban J connectivity index is 1.90. The molecule has 1 aromatic heterocycles. The number of aromatic nitrogens is 2. The molecule has 1 saturated heterocycles. The standard InChI is InChI=1S/C18H34N6O2/c1-5-19-18(20-6-7-23-8-12-26-13-9-23)21-14-17-15(2)22-24(16(17)3)10-11-25-4/h5-14H2,1-4H3,(H2,19,20,21). The highest BCUT2D eigenvalue weighted by Crippen LogP contribution is 2.14. The normalized spacial score (nSPS) is 16.1. The van der Waals surface area contributed by atoms with Crippen LogP contribution in [0.25, 0.3) is 0 Å². The van der Waals surface area contributed by atoms with E-state index in [0.717, 1.165) is 69.8 Å². The molecule has 148 valence electrons. The van der Waals surface area contributed by atoms with E-state index in [-0.39, 0.29) is 0 Å². The largest absolute Gasteiger partial charge is 0.383 e. The van der Waals surface area contributed by atoms with Gasteiger partial charge in [0.05, 0.1) is 38.6 Å². The second-order valence-electron chi connectivity index (χ2n) is 6.44. The first-order valence-electron chi connectivity index (χ1n) is 9.49. The van der Waals surface area contributed by atoms with Gasteiger partial charge >= 0.3 is 0 Å². The van der Waals surface area contributed by atoms with Crippen molar-refractivity contribution in [3.05, 3.63) is 17.0 Å². The smallest absolute Gasteiger partial charge is 0.191 e. The summed E-state index contributed by atoms with van der Waals surface area (Å²) in [6, 6.07) is 0. The van der Waals surface area contributed by atoms with Crippen LogP contribution in [-0.4, -0.2) is 80.3 Å². The summed E-state index contributed by atoms with van der Waals surface area (Å²) in [6.45, 7) is 14.7. The zero-order valence-electron chi connectivity index (χ0n) is 16.7. The van der Waals surface area contributed by atoms with Crippen LogP contribution < -0.4 is 10.6 Å². The number of rotatable bonds is 9. The summed E-state index contributed by atoms with van der Waals surface area (Å²) in [6.07, 6.45) is 0. The highest BCUT2D eigenvalue weighted by atomic mass is 16.5. The van der Waals surface area contributed by atoms with Crippen LogP contribution in [0.15, 0.2) is 4.99 Å². The van der Waals surface area contributed by atoms with Crippen LogP contribution in [0.4, 0.5) is 0 Å². The van der Waals surface area contributed by atoms with Gasteiger partial charge in [0.25, 0.3) is 0 Å². The fourth-order valence-corrected chi connectivity index (χ4v) is 3.02. The Kier molecular flexibility index (Phi) is 8.87. The molecule has 0 radical (unpaired) electrons. The maximum Gasteiger partial charge on any atom is 0.191 e. The van der Waals surface area contributed by atoms with Crippen molar-refractivity contribution in [2.24, 2.45) is 4.99 Å². The van der Waals surface area contributed by atoms with E-state index in [1.165, 1.54) is 5.56 Å². The lowest BCUT2D eigenvalue weighted by Crippen LogP contribution is -2.44. The number of hydrogen-bond acceptors (Lipinski definition) is 5. The van der Waals surface area contributed by atoms with Crippen LogP contribution in [0, 0.1) is 13.8 Å².